The maximum Gasteiger partial charge on any atom is 0.301 e. The lowest BCUT2D eigenvalue weighted by molar-refractivity contribution is -0.393. The first kappa shape index (κ1) is 18.3. The van der Waals surface area contributed by atoms with E-state index < -0.39 is 15.5 Å². The third-order valence-corrected chi connectivity index (χ3v) is 4.50. The van der Waals surface area contributed by atoms with E-state index in [1.54, 1.807) is 6.21 Å². The summed E-state index contributed by atoms with van der Waals surface area (Å²) in [6, 6.07) is 9.47. The molecule has 9 nitrogen and oxygen atoms in total. The van der Waals surface area contributed by atoms with E-state index in [4.69, 9.17) is 0 Å². The molecular weight excluding hydrogens is 350 g/mol. The number of hydrogen-bond acceptors (Lipinski definition) is 7. The molecule has 0 atom stereocenters. The summed E-state index contributed by atoms with van der Waals surface area (Å²) < 4.78 is 0. The van der Waals surface area contributed by atoms with Gasteiger partial charge < -0.3 is 4.90 Å². The number of benzene rings is 2. The fourth-order valence-electron chi connectivity index (χ4n) is 3.03. The van der Waals surface area contributed by atoms with Crippen LogP contribution in [0.2, 0.25) is 0 Å². The minimum absolute atomic E-state index is 0.0909. The molecule has 3 rings (SSSR count). The highest BCUT2D eigenvalue weighted by Crippen LogP contribution is 2.29. The van der Waals surface area contributed by atoms with E-state index in [0.717, 1.165) is 30.3 Å². The van der Waals surface area contributed by atoms with Crippen molar-refractivity contribution in [2.75, 3.05) is 23.4 Å². The summed E-state index contributed by atoms with van der Waals surface area (Å²) in [7, 11) is 0. The van der Waals surface area contributed by atoms with Crippen LogP contribution in [-0.4, -0.2) is 29.2 Å². The Kier molecular flexibility index (Phi) is 5.30. The highest BCUT2D eigenvalue weighted by atomic mass is 16.6. The van der Waals surface area contributed by atoms with E-state index in [0.29, 0.717) is 0 Å². The van der Waals surface area contributed by atoms with Crippen molar-refractivity contribution in [2.24, 2.45) is 5.10 Å². The molecule has 0 bridgehead atoms. The zero-order valence-corrected chi connectivity index (χ0v) is 14.8. The molecule has 1 aliphatic heterocycles. The molecule has 1 aliphatic rings. The Labute approximate surface area is 155 Å². The summed E-state index contributed by atoms with van der Waals surface area (Å²) in [6.07, 6.45) is 3.99. The number of rotatable bonds is 6. The number of nitro benzene ring substituents is 2. The lowest BCUT2D eigenvalue weighted by Crippen LogP contribution is -2.17. The maximum absolute atomic E-state index is 11.1. The number of anilines is 2. The Morgan fingerprint density at radius 3 is 2.44 bits per heavy atom. The molecule has 0 spiro atoms. The number of nitro groups is 2. The van der Waals surface area contributed by atoms with E-state index >= 15 is 0 Å². The molecule has 0 saturated carbocycles. The summed E-state index contributed by atoms with van der Waals surface area (Å²) in [5.41, 5.74) is 5.06. The Bertz CT molecular complexity index is 907. The predicted octanol–water partition coefficient (Wildman–Crippen LogP) is 3.86. The molecule has 0 amide bonds. The second kappa shape index (κ2) is 7.81. The van der Waals surface area contributed by atoms with Crippen LogP contribution in [0.15, 0.2) is 41.5 Å². The summed E-state index contributed by atoms with van der Waals surface area (Å²) in [4.78, 5) is 22.9. The maximum atomic E-state index is 11.1. The van der Waals surface area contributed by atoms with Crippen LogP contribution in [0.1, 0.15) is 24.0 Å². The van der Waals surface area contributed by atoms with Crippen molar-refractivity contribution in [1.82, 2.24) is 0 Å². The minimum atomic E-state index is -0.680. The zero-order chi connectivity index (χ0) is 19.4. The van der Waals surface area contributed by atoms with Crippen LogP contribution in [-0.2, 0) is 0 Å². The van der Waals surface area contributed by atoms with Crippen molar-refractivity contribution >= 4 is 29.0 Å². The van der Waals surface area contributed by atoms with Crippen LogP contribution in [0.5, 0.6) is 0 Å². The summed E-state index contributed by atoms with van der Waals surface area (Å²) in [6.45, 7) is 4.12. The van der Waals surface area contributed by atoms with Gasteiger partial charge >= 0.3 is 5.69 Å². The van der Waals surface area contributed by atoms with Crippen molar-refractivity contribution in [3.63, 3.8) is 0 Å². The van der Waals surface area contributed by atoms with Gasteiger partial charge in [-0.05, 0) is 49.1 Å². The van der Waals surface area contributed by atoms with Crippen molar-refractivity contribution in [3.05, 3.63) is 67.8 Å². The Hall–Kier alpha value is -3.49. The number of non-ortho nitro benzene ring substituents is 1. The van der Waals surface area contributed by atoms with Crippen molar-refractivity contribution in [2.45, 2.75) is 19.8 Å². The second-order valence-electron chi connectivity index (χ2n) is 6.32. The Morgan fingerprint density at radius 2 is 1.81 bits per heavy atom. The number of hydrogen-bond donors (Lipinski definition) is 1. The van der Waals surface area contributed by atoms with Crippen LogP contribution in [0.3, 0.4) is 0 Å². The molecule has 27 heavy (non-hydrogen) atoms. The Balaban J connectivity index is 1.75. The fraction of sp³-hybridized carbons (Fsp3) is 0.278. The van der Waals surface area contributed by atoms with Crippen molar-refractivity contribution in [3.8, 4) is 0 Å². The monoisotopic (exact) mass is 369 g/mol. The third-order valence-electron chi connectivity index (χ3n) is 4.50. The van der Waals surface area contributed by atoms with Gasteiger partial charge in [0.05, 0.1) is 22.1 Å². The first-order valence-corrected chi connectivity index (χ1v) is 8.53. The second-order valence-corrected chi connectivity index (χ2v) is 6.32. The molecule has 1 heterocycles. The van der Waals surface area contributed by atoms with Gasteiger partial charge in [-0.2, -0.15) is 5.10 Å². The molecular formula is C18H19N5O4. The van der Waals surface area contributed by atoms with E-state index in [1.165, 1.54) is 30.7 Å². The van der Waals surface area contributed by atoms with E-state index in [1.807, 2.05) is 19.1 Å². The molecule has 0 unspecified atom stereocenters. The van der Waals surface area contributed by atoms with Gasteiger partial charge in [0.1, 0.15) is 5.69 Å². The van der Waals surface area contributed by atoms with E-state index in [9.17, 15) is 20.2 Å². The highest BCUT2D eigenvalue weighted by molar-refractivity contribution is 5.83. The lowest BCUT2D eigenvalue weighted by atomic mass is 10.1. The quantitative estimate of drug-likeness (QED) is 0.470. The van der Waals surface area contributed by atoms with Crippen LogP contribution in [0, 0.1) is 27.2 Å². The summed E-state index contributed by atoms with van der Waals surface area (Å²) in [5.74, 6) is 0. The molecule has 0 radical (unpaired) electrons. The van der Waals surface area contributed by atoms with E-state index in [-0.39, 0.29) is 11.4 Å². The average Bonchev–Trinajstić information content (AvgIpc) is 3.17. The SMILES string of the molecule is Cc1cc(N2CCCC2)ccc1/C=N\Nc1ccc([N+](=O)[O-])cc1[N+](=O)[O-]. The van der Waals surface area contributed by atoms with Crippen LogP contribution < -0.4 is 10.3 Å². The molecule has 2 aromatic rings. The normalized spacial score (nSPS) is 13.9. The van der Waals surface area contributed by atoms with Gasteiger partial charge in [0.25, 0.3) is 5.69 Å². The summed E-state index contributed by atoms with van der Waals surface area (Å²) in [5, 5.41) is 26.0. The first-order valence-electron chi connectivity index (χ1n) is 8.53. The number of hydrazone groups is 1. The molecule has 1 fully saturated rings. The molecule has 9 heteroatoms. The number of nitrogens with zero attached hydrogens (tertiary/aromatic N) is 4. The van der Waals surface area contributed by atoms with Gasteiger partial charge in [0, 0.05) is 24.8 Å². The van der Waals surface area contributed by atoms with Crippen LogP contribution in [0.25, 0.3) is 0 Å². The number of nitrogens with one attached hydrogen (secondary N) is 1. The van der Waals surface area contributed by atoms with E-state index in [2.05, 4.69) is 21.5 Å². The van der Waals surface area contributed by atoms with Crippen LogP contribution in [0.4, 0.5) is 22.7 Å². The van der Waals surface area contributed by atoms with Gasteiger partial charge in [0.15, 0.2) is 0 Å². The minimum Gasteiger partial charge on any atom is -0.372 e. The summed E-state index contributed by atoms with van der Waals surface area (Å²) >= 11 is 0. The molecule has 0 aliphatic carbocycles. The van der Waals surface area contributed by atoms with Gasteiger partial charge in [-0.15, -0.1) is 0 Å². The van der Waals surface area contributed by atoms with Crippen LogP contribution >= 0.6 is 0 Å². The predicted molar refractivity (Wildman–Crippen MR) is 104 cm³/mol. The zero-order valence-electron chi connectivity index (χ0n) is 14.8. The topological polar surface area (TPSA) is 114 Å². The molecule has 1 N–H and O–H groups in total. The Morgan fingerprint density at radius 1 is 1.07 bits per heavy atom. The third kappa shape index (κ3) is 4.20. The first-order chi connectivity index (χ1) is 13.0. The van der Waals surface area contributed by atoms with Gasteiger partial charge in [-0.3, -0.25) is 25.7 Å². The number of aryl methyl sites for hydroxylation is 1. The highest BCUT2D eigenvalue weighted by Gasteiger charge is 2.19. The van der Waals surface area contributed by atoms with Crippen molar-refractivity contribution < 1.29 is 9.85 Å². The van der Waals surface area contributed by atoms with Gasteiger partial charge in [-0.1, -0.05) is 6.07 Å². The smallest absolute Gasteiger partial charge is 0.301 e. The molecule has 0 aromatic heterocycles. The largest absolute Gasteiger partial charge is 0.372 e. The lowest BCUT2D eigenvalue weighted by Gasteiger charge is -2.18. The van der Waals surface area contributed by atoms with Gasteiger partial charge in [-0.25, -0.2) is 0 Å². The van der Waals surface area contributed by atoms with Crippen molar-refractivity contribution in [1.29, 1.82) is 0 Å². The average molecular weight is 369 g/mol. The van der Waals surface area contributed by atoms with Gasteiger partial charge in [0.2, 0.25) is 0 Å². The fourth-order valence-corrected chi connectivity index (χ4v) is 3.03. The standard InChI is InChI=1S/C18H19N5O4/c1-13-10-15(21-8-2-3-9-21)5-4-14(13)12-19-20-17-7-6-16(22(24)25)11-18(17)23(26)27/h4-7,10-12,20H,2-3,8-9H2,1H3/b19-12-. The molecule has 140 valence electrons. The molecule has 2 aromatic carbocycles. The molecule has 1 saturated heterocycles.